The van der Waals surface area contributed by atoms with Gasteiger partial charge in [-0.3, -0.25) is 9.69 Å². The molecule has 1 amide bonds. The molecule has 4 heteroatoms. The van der Waals surface area contributed by atoms with Crippen molar-refractivity contribution in [3.05, 3.63) is 35.4 Å². The number of carbonyl (C=O) groups is 1. The Morgan fingerprint density at radius 3 is 2.63 bits per heavy atom. The summed E-state index contributed by atoms with van der Waals surface area (Å²) >= 11 is 0. The SMILES string of the molecule is CNCC1CN(C(=O)c2ccc(C)cc2)CCN1C. The van der Waals surface area contributed by atoms with Crippen LogP contribution in [0.2, 0.25) is 0 Å². The Bertz CT molecular complexity index is 430. The summed E-state index contributed by atoms with van der Waals surface area (Å²) in [5, 5.41) is 3.19. The van der Waals surface area contributed by atoms with Crippen LogP contribution < -0.4 is 5.32 Å². The average Bonchev–Trinajstić information content (AvgIpc) is 2.41. The van der Waals surface area contributed by atoms with Gasteiger partial charge in [0.1, 0.15) is 0 Å². The molecule has 1 aromatic carbocycles. The lowest BCUT2D eigenvalue weighted by Crippen LogP contribution is -2.56. The van der Waals surface area contributed by atoms with Crippen molar-refractivity contribution < 1.29 is 4.79 Å². The summed E-state index contributed by atoms with van der Waals surface area (Å²) in [5.41, 5.74) is 1.97. The molecule has 0 aromatic heterocycles. The minimum Gasteiger partial charge on any atom is -0.336 e. The van der Waals surface area contributed by atoms with Crippen molar-refractivity contribution in [2.45, 2.75) is 13.0 Å². The van der Waals surface area contributed by atoms with E-state index < -0.39 is 0 Å². The van der Waals surface area contributed by atoms with Crippen LogP contribution in [0.25, 0.3) is 0 Å². The maximum absolute atomic E-state index is 12.5. The first-order valence-electron chi connectivity index (χ1n) is 6.82. The molecule has 1 aliphatic heterocycles. The number of likely N-dealkylation sites (N-methyl/N-ethyl adjacent to an activating group) is 2. The molecule has 1 aliphatic rings. The maximum atomic E-state index is 12.5. The summed E-state index contributed by atoms with van der Waals surface area (Å²) in [6, 6.07) is 8.22. The van der Waals surface area contributed by atoms with E-state index in [0.29, 0.717) is 6.04 Å². The second-order valence-corrected chi connectivity index (χ2v) is 5.31. The molecule has 0 spiro atoms. The third-order valence-electron chi connectivity index (χ3n) is 3.80. The number of nitrogens with one attached hydrogen (secondary N) is 1. The molecule has 1 atom stereocenters. The second-order valence-electron chi connectivity index (χ2n) is 5.31. The minimum atomic E-state index is 0.147. The van der Waals surface area contributed by atoms with Gasteiger partial charge in [0, 0.05) is 37.8 Å². The van der Waals surface area contributed by atoms with Crippen molar-refractivity contribution in [2.24, 2.45) is 0 Å². The summed E-state index contributed by atoms with van der Waals surface area (Å²) in [5.74, 6) is 0.147. The zero-order valence-electron chi connectivity index (χ0n) is 12.0. The summed E-state index contributed by atoms with van der Waals surface area (Å²) in [6.45, 7) is 5.48. The van der Waals surface area contributed by atoms with Crippen molar-refractivity contribution in [3.8, 4) is 0 Å². The lowest BCUT2D eigenvalue weighted by Gasteiger charge is -2.39. The predicted octanol–water partition coefficient (Wildman–Crippen LogP) is 0.971. The predicted molar refractivity (Wildman–Crippen MR) is 77.4 cm³/mol. The lowest BCUT2D eigenvalue weighted by atomic mass is 10.1. The van der Waals surface area contributed by atoms with E-state index in [2.05, 4.69) is 17.3 Å². The first-order chi connectivity index (χ1) is 9.11. The topological polar surface area (TPSA) is 35.6 Å². The lowest BCUT2D eigenvalue weighted by molar-refractivity contribution is 0.0550. The van der Waals surface area contributed by atoms with Gasteiger partial charge in [0.25, 0.3) is 5.91 Å². The minimum absolute atomic E-state index is 0.147. The van der Waals surface area contributed by atoms with Crippen LogP contribution in [0.4, 0.5) is 0 Å². The number of rotatable bonds is 3. The van der Waals surface area contributed by atoms with Crippen LogP contribution in [0.3, 0.4) is 0 Å². The molecule has 104 valence electrons. The van der Waals surface area contributed by atoms with Crippen LogP contribution in [0.15, 0.2) is 24.3 Å². The zero-order valence-corrected chi connectivity index (χ0v) is 12.0. The van der Waals surface area contributed by atoms with Crippen molar-refractivity contribution in [1.29, 1.82) is 0 Å². The number of hydrogen-bond donors (Lipinski definition) is 1. The molecule has 1 N–H and O–H groups in total. The Kier molecular flexibility index (Phi) is 4.56. The monoisotopic (exact) mass is 261 g/mol. The van der Waals surface area contributed by atoms with E-state index in [1.807, 2.05) is 43.1 Å². The van der Waals surface area contributed by atoms with Crippen molar-refractivity contribution in [3.63, 3.8) is 0 Å². The van der Waals surface area contributed by atoms with Gasteiger partial charge in [0.05, 0.1) is 0 Å². The highest BCUT2D eigenvalue weighted by atomic mass is 16.2. The molecule has 1 aromatic rings. The summed E-state index contributed by atoms with van der Waals surface area (Å²) in [7, 11) is 4.07. The number of amides is 1. The van der Waals surface area contributed by atoms with Crippen LogP contribution in [0.1, 0.15) is 15.9 Å². The summed E-state index contributed by atoms with van der Waals surface area (Å²) < 4.78 is 0. The molecule has 1 heterocycles. The third kappa shape index (κ3) is 3.33. The van der Waals surface area contributed by atoms with Crippen molar-refractivity contribution in [1.82, 2.24) is 15.1 Å². The number of hydrogen-bond acceptors (Lipinski definition) is 3. The van der Waals surface area contributed by atoms with Gasteiger partial charge >= 0.3 is 0 Å². The van der Waals surface area contributed by atoms with Gasteiger partial charge in [-0.1, -0.05) is 17.7 Å². The molecule has 0 bridgehead atoms. The van der Waals surface area contributed by atoms with Gasteiger partial charge in [-0.15, -0.1) is 0 Å². The number of nitrogens with zero attached hydrogens (tertiary/aromatic N) is 2. The molecular weight excluding hydrogens is 238 g/mol. The van der Waals surface area contributed by atoms with Gasteiger partial charge in [0.2, 0.25) is 0 Å². The van der Waals surface area contributed by atoms with Gasteiger partial charge in [-0.2, -0.15) is 0 Å². The quantitative estimate of drug-likeness (QED) is 0.881. The van der Waals surface area contributed by atoms with E-state index in [0.717, 1.165) is 31.7 Å². The second kappa shape index (κ2) is 6.17. The molecule has 1 fully saturated rings. The van der Waals surface area contributed by atoms with Crippen LogP contribution in [-0.2, 0) is 0 Å². The van der Waals surface area contributed by atoms with E-state index in [1.54, 1.807) is 0 Å². The van der Waals surface area contributed by atoms with E-state index >= 15 is 0 Å². The number of benzene rings is 1. The summed E-state index contributed by atoms with van der Waals surface area (Å²) in [6.07, 6.45) is 0. The van der Waals surface area contributed by atoms with E-state index in [-0.39, 0.29) is 5.91 Å². The Balaban J connectivity index is 2.05. The molecule has 1 unspecified atom stereocenters. The first kappa shape index (κ1) is 14.0. The Labute approximate surface area is 115 Å². The van der Waals surface area contributed by atoms with Gasteiger partial charge in [-0.05, 0) is 33.2 Å². The Morgan fingerprint density at radius 1 is 1.32 bits per heavy atom. The van der Waals surface area contributed by atoms with Crippen LogP contribution in [0, 0.1) is 6.92 Å². The maximum Gasteiger partial charge on any atom is 0.253 e. The largest absolute Gasteiger partial charge is 0.336 e. The molecule has 2 rings (SSSR count). The molecule has 4 nitrogen and oxygen atoms in total. The standard InChI is InChI=1S/C15H23N3O/c1-12-4-6-13(7-5-12)15(19)18-9-8-17(3)14(11-18)10-16-2/h4-7,14,16H,8-11H2,1-3H3. The van der Waals surface area contributed by atoms with Crippen LogP contribution in [0.5, 0.6) is 0 Å². The molecule has 1 saturated heterocycles. The molecule has 0 saturated carbocycles. The van der Waals surface area contributed by atoms with Crippen molar-refractivity contribution in [2.75, 3.05) is 40.3 Å². The smallest absolute Gasteiger partial charge is 0.253 e. The van der Waals surface area contributed by atoms with Crippen LogP contribution >= 0.6 is 0 Å². The first-order valence-corrected chi connectivity index (χ1v) is 6.82. The Hall–Kier alpha value is -1.39. The van der Waals surface area contributed by atoms with Crippen LogP contribution in [-0.4, -0.2) is 62.0 Å². The molecule has 0 radical (unpaired) electrons. The average molecular weight is 261 g/mol. The fourth-order valence-corrected chi connectivity index (χ4v) is 2.47. The Morgan fingerprint density at radius 2 is 2.00 bits per heavy atom. The third-order valence-corrected chi connectivity index (χ3v) is 3.80. The zero-order chi connectivity index (χ0) is 13.8. The fraction of sp³-hybridized carbons (Fsp3) is 0.533. The number of carbonyl (C=O) groups excluding carboxylic acids is 1. The summed E-state index contributed by atoms with van der Waals surface area (Å²) in [4.78, 5) is 16.7. The highest BCUT2D eigenvalue weighted by Crippen LogP contribution is 2.12. The molecule has 0 aliphatic carbocycles. The van der Waals surface area contributed by atoms with Gasteiger partial charge < -0.3 is 10.2 Å². The van der Waals surface area contributed by atoms with Gasteiger partial charge in [0.15, 0.2) is 0 Å². The van der Waals surface area contributed by atoms with E-state index in [1.165, 1.54) is 5.56 Å². The van der Waals surface area contributed by atoms with E-state index in [4.69, 9.17) is 0 Å². The van der Waals surface area contributed by atoms with Gasteiger partial charge in [-0.25, -0.2) is 0 Å². The van der Waals surface area contributed by atoms with Crippen molar-refractivity contribution >= 4 is 5.91 Å². The molecular formula is C15H23N3O. The highest BCUT2D eigenvalue weighted by molar-refractivity contribution is 5.94. The van der Waals surface area contributed by atoms with E-state index in [9.17, 15) is 4.79 Å². The molecule has 19 heavy (non-hydrogen) atoms. The fourth-order valence-electron chi connectivity index (χ4n) is 2.47. The highest BCUT2D eigenvalue weighted by Gasteiger charge is 2.27. The normalized spacial score (nSPS) is 20.6. The number of piperazine rings is 1. The number of aryl methyl sites for hydroxylation is 1.